The van der Waals surface area contributed by atoms with Gasteiger partial charge in [-0.25, -0.2) is 4.39 Å². The lowest BCUT2D eigenvalue weighted by Gasteiger charge is -2.02. The zero-order chi connectivity index (χ0) is 9.42. The lowest BCUT2D eigenvalue weighted by Crippen LogP contribution is -2.33. The Balaban J connectivity index is 2.80. The predicted molar refractivity (Wildman–Crippen MR) is 48.1 cm³/mol. The van der Waals surface area contributed by atoms with Crippen molar-refractivity contribution in [3.05, 3.63) is 30.2 Å². The van der Waals surface area contributed by atoms with E-state index in [0.717, 1.165) is 0 Å². The molecule has 0 aliphatic carbocycles. The molecule has 0 bridgehead atoms. The topological polar surface area (TPSA) is 56.2 Å². The van der Waals surface area contributed by atoms with E-state index in [-0.39, 0.29) is 5.46 Å². The molecule has 0 unspecified atom stereocenters. The van der Waals surface area contributed by atoms with Crippen molar-refractivity contribution in [2.45, 2.75) is 0 Å². The highest BCUT2D eigenvalue weighted by Gasteiger charge is 2.19. The highest BCUT2D eigenvalue weighted by Crippen LogP contribution is 2.11. The summed E-state index contributed by atoms with van der Waals surface area (Å²) in [6.07, 6.45) is 1.62. The first-order chi connectivity index (χ1) is 6.20. The van der Waals surface area contributed by atoms with E-state index in [4.69, 9.17) is 10.0 Å². The standard InChI is InChI=1S/C8H7BFNO2/c10-6-1-2-7-5(3-4-11-7)8(6)9(12)13/h1-4,11-13H. The number of halogens is 1. The summed E-state index contributed by atoms with van der Waals surface area (Å²) < 4.78 is 13.1. The van der Waals surface area contributed by atoms with E-state index in [2.05, 4.69) is 4.98 Å². The second kappa shape index (κ2) is 2.87. The van der Waals surface area contributed by atoms with Crippen molar-refractivity contribution < 1.29 is 14.4 Å². The monoisotopic (exact) mass is 179 g/mol. The zero-order valence-electron chi connectivity index (χ0n) is 6.66. The molecule has 0 aliphatic heterocycles. The van der Waals surface area contributed by atoms with Gasteiger partial charge in [0.1, 0.15) is 5.82 Å². The highest BCUT2D eigenvalue weighted by atomic mass is 19.1. The van der Waals surface area contributed by atoms with Crippen molar-refractivity contribution >= 4 is 23.5 Å². The van der Waals surface area contributed by atoms with E-state index in [1.54, 1.807) is 18.3 Å². The second-order valence-corrected chi connectivity index (χ2v) is 2.77. The van der Waals surface area contributed by atoms with E-state index in [9.17, 15) is 4.39 Å². The largest absolute Gasteiger partial charge is 0.492 e. The number of benzene rings is 1. The summed E-state index contributed by atoms with van der Waals surface area (Å²) in [5.74, 6) is -0.609. The molecule has 2 rings (SSSR count). The third-order valence-electron chi connectivity index (χ3n) is 1.98. The molecule has 3 N–H and O–H groups in total. The molecule has 5 heteroatoms. The van der Waals surface area contributed by atoms with Crippen LogP contribution in [-0.2, 0) is 0 Å². The molecule has 0 saturated heterocycles. The Kier molecular flexibility index (Phi) is 1.83. The van der Waals surface area contributed by atoms with Crippen molar-refractivity contribution in [2.75, 3.05) is 0 Å². The minimum absolute atomic E-state index is 0.0845. The van der Waals surface area contributed by atoms with Crippen molar-refractivity contribution in [1.82, 2.24) is 4.98 Å². The van der Waals surface area contributed by atoms with Gasteiger partial charge in [0.05, 0.1) is 0 Å². The van der Waals surface area contributed by atoms with Crippen molar-refractivity contribution in [1.29, 1.82) is 0 Å². The van der Waals surface area contributed by atoms with Crippen molar-refractivity contribution in [3.63, 3.8) is 0 Å². The molecule has 0 spiro atoms. The Labute approximate surface area is 74.0 Å². The summed E-state index contributed by atoms with van der Waals surface area (Å²) >= 11 is 0. The maximum absolute atomic E-state index is 13.1. The lowest BCUT2D eigenvalue weighted by molar-refractivity contribution is 0.423. The van der Waals surface area contributed by atoms with Gasteiger partial charge in [0.25, 0.3) is 0 Å². The van der Waals surface area contributed by atoms with Crippen LogP contribution in [0.5, 0.6) is 0 Å². The van der Waals surface area contributed by atoms with Crippen molar-refractivity contribution in [3.8, 4) is 0 Å². The summed E-state index contributed by atoms with van der Waals surface area (Å²) in [4.78, 5) is 2.85. The fourth-order valence-electron chi connectivity index (χ4n) is 1.39. The highest BCUT2D eigenvalue weighted by molar-refractivity contribution is 6.62. The molecule has 13 heavy (non-hydrogen) atoms. The number of H-pyrrole nitrogens is 1. The van der Waals surface area contributed by atoms with Gasteiger partial charge in [0.2, 0.25) is 0 Å². The Bertz CT molecular complexity index is 441. The molecule has 3 nitrogen and oxygen atoms in total. The number of hydrogen-bond acceptors (Lipinski definition) is 2. The fourth-order valence-corrected chi connectivity index (χ4v) is 1.39. The minimum atomic E-state index is -1.78. The molecular formula is C8H7BFNO2. The van der Waals surface area contributed by atoms with E-state index in [1.165, 1.54) is 6.07 Å². The van der Waals surface area contributed by atoms with E-state index < -0.39 is 12.9 Å². The first kappa shape index (κ1) is 8.28. The van der Waals surface area contributed by atoms with Crippen LogP contribution < -0.4 is 5.46 Å². The van der Waals surface area contributed by atoms with Crippen LogP contribution in [0.1, 0.15) is 0 Å². The number of hydrogen-bond donors (Lipinski definition) is 3. The summed E-state index contributed by atoms with van der Waals surface area (Å²) in [7, 11) is -1.78. The van der Waals surface area contributed by atoms with Crippen LogP contribution in [0.15, 0.2) is 24.4 Å². The quantitative estimate of drug-likeness (QED) is 0.539. The average Bonchev–Trinajstić information content (AvgIpc) is 2.50. The Morgan fingerprint density at radius 2 is 2.00 bits per heavy atom. The average molecular weight is 179 g/mol. The van der Waals surface area contributed by atoms with E-state index in [1.807, 2.05) is 0 Å². The fraction of sp³-hybridized carbons (Fsp3) is 0. The Morgan fingerprint density at radius 3 is 2.69 bits per heavy atom. The minimum Gasteiger partial charge on any atom is -0.423 e. The maximum Gasteiger partial charge on any atom is 0.492 e. The van der Waals surface area contributed by atoms with Crippen LogP contribution in [0, 0.1) is 5.82 Å². The van der Waals surface area contributed by atoms with Crippen LogP contribution in [0.3, 0.4) is 0 Å². The van der Waals surface area contributed by atoms with Gasteiger partial charge in [-0.05, 0) is 18.2 Å². The van der Waals surface area contributed by atoms with Gasteiger partial charge in [-0.15, -0.1) is 0 Å². The number of nitrogens with one attached hydrogen (secondary N) is 1. The summed E-state index contributed by atoms with van der Waals surface area (Å²) in [5, 5.41) is 18.3. The molecule has 0 radical (unpaired) electrons. The zero-order valence-corrected chi connectivity index (χ0v) is 6.66. The van der Waals surface area contributed by atoms with Gasteiger partial charge in [0, 0.05) is 22.6 Å². The number of aromatic nitrogens is 1. The van der Waals surface area contributed by atoms with Crippen LogP contribution in [0.4, 0.5) is 4.39 Å². The number of rotatable bonds is 1. The third-order valence-corrected chi connectivity index (χ3v) is 1.98. The second-order valence-electron chi connectivity index (χ2n) is 2.77. The molecule has 1 heterocycles. The molecule has 66 valence electrons. The molecule has 0 amide bonds. The smallest absolute Gasteiger partial charge is 0.423 e. The summed E-state index contributed by atoms with van der Waals surface area (Å²) in [6.45, 7) is 0. The molecule has 0 saturated carbocycles. The number of aromatic amines is 1. The van der Waals surface area contributed by atoms with Gasteiger partial charge in [0.15, 0.2) is 0 Å². The molecule has 0 atom stereocenters. The molecular weight excluding hydrogens is 172 g/mol. The number of fused-ring (bicyclic) bond motifs is 1. The molecule has 1 aromatic carbocycles. The normalized spacial score (nSPS) is 10.7. The molecule has 1 aromatic heterocycles. The van der Waals surface area contributed by atoms with Crippen LogP contribution >= 0.6 is 0 Å². The summed E-state index contributed by atoms with van der Waals surface area (Å²) in [6, 6.07) is 4.36. The molecule has 0 fully saturated rings. The Hall–Kier alpha value is -1.33. The Morgan fingerprint density at radius 1 is 1.23 bits per heavy atom. The van der Waals surface area contributed by atoms with Crippen LogP contribution in [0.25, 0.3) is 10.9 Å². The maximum atomic E-state index is 13.1. The predicted octanol–water partition coefficient (Wildman–Crippen LogP) is -0.0132. The van der Waals surface area contributed by atoms with Gasteiger partial charge in [-0.1, -0.05) is 0 Å². The molecule has 2 aromatic rings. The lowest BCUT2D eigenvalue weighted by atomic mass is 9.77. The van der Waals surface area contributed by atoms with E-state index in [0.29, 0.717) is 10.9 Å². The van der Waals surface area contributed by atoms with Crippen molar-refractivity contribution in [2.24, 2.45) is 0 Å². The van der Waals surface area contributed by atoms with Gasteiger partial charge < -0.3 is 15.0 Å². The van der Waals surface area contributed by atoms with Gasteiger partial charge in [-0.2, -0.15) is 0 Å². The SMILES string of the molecule is OB(O)c1c(F)ccc2[nH]ccc12. The van der Waals surface area contributed by atoms with E-state index >= 15 is 0 Å². The first-order valence-electron chi connectivity index (χ1n) is 3.82. The van der Waals surface area contributed by atoms with Crippen LogP contribution in [-0.4, -0.2) is 22.2 Å². The van der Waals surface area contributed by atoms with Gasteiger partial charge >= 0.3 is 7.12 Å². The molecule has 0 aliphatic rings. The third kappa shape index (κ3) is 1.22. The van der Waals surface area contributed by atoms with Crippen LogP contribution in [0.2, 0.25) is 0 Å². The van der Waals surface area contributed by atoms with Gasteiger partial charge in [-0.3, -0.25) is 0 Å². The summed E-state index contributed by atoms with van der Waals surface area (Å²) in [5.41, 5.74) is 0.600. The first-order valence-corrected chi connectivity index (χ1v) is 3.82.